The summed E-state index contributed by atoms with van der Waals surface area (Å²) in [5, 5.41) is 3.99. The van der Waals surface area contributed by atoms with Gasteiger partial charge in [-0.05, 0) is 34.8 Å². The molecule has 3 rings (SSSR count). The van der Waals surface area contributed by atoms with Crippen LogP contribution in [0.2, 0.25) is 0 Å². The second-order valence-corrected chi connectivity index (χ2v) is 5.11. The van der Waals surface area contributed by atoms with Crippen molar-refractivity contribution in [3.63, 3.8) is 0 Å². The molecule has 2 heterocycles. The van der Waals surface area contributed by atoms with Crippen LogP contribution in [0.5, 0.6) is 0 Å². The van der Waals surface area contributed by atoms with Gasteiger partial charge in [0.1, 0.15) is 0 Å². The Balaban J connectivity index is 1.96. The molecular weight excluding hydrogens is 286 g/mol. The molecule has 6 heteroatoms. The number of rotatable bonds is 2. The van der Waals surface area contributed by atoms with E-state index in [0.29, 0.717) is 16.4 Å². The maximum absolute atomic E-state index is 6.26. The summed E-state index contributed by atoms with van der Waals surface area (Å²) in [5.74, 6) is 1.04. The predicted molar refractivity (Wildman–Crippen MR) is 64.0 cm³/mol. The standard InChI is InChI=1S/C11H12BrN3O2/c12-8-7(3-6-16-8)9-14-10(15-17-9)11(13)4-1-2-5-11/h3,6H,1-2,4-5,13H2. The molecule has 0 amide bonds. The average Bonchev–Trinajstić information content (AvgIpc) is 2.97. The van der Waals surface area contributed by atoms with Crippen LogP contribution in [0, 0.1) is 0 Å². The van der Waals surface area contributed by atoms with Gasteiger partial charge in [0.05, 0.1) is 17.4 Å². The lowest BCUT2D eigenvalue weighted by Gasteiger charge is -2.17. The highest BCUT2D eigenvalue weighted by Crippen LogP contribution is 2.36. The number of hydrogen-bond acceptors (Lipinski definition) is 5. The maximum atomic E-state index is 6.26. The minimum absolute atomic E-state index is 0.419. The molecule has 0 bridgehead atoms. The van der Waals surface area contributed by atoms with Crippen LogP contribution in [-0.2, 0) is 5.54 Å². The molecule has 0 aromatic carbocycles. The third-order valence-electron chi connectivity index (χ3n) is 3.22. The summed E-state index contributed by atoms with van der Waals surface area (Å²) in [5.41, 5.74) is 6.60. The molecule has 1 aliphatic rings. The van der Waals surface area contributed by atoms with Crippen LogP contribution in [0.1, 0.15) is 31.5 Å². The first kappa shape index (κ1) is 11.0. The van der Waals surface area contributed by atoms with Crippen LogP contribution in [-0.4, -0.2) is 10.1 Å². The Labute approximate surface area is 106 Å². The number of hydrogen-bond donors (Lipinski definition) is 1. The summed E-state index contributed by atoms with van der Waals surface area (Å²) >= 11 is 3.28. The van der Waals surface area contributed by atoms with Crippen molar-refractivity contribution in [2.45, 2.75) is 31.2 Å². The van der Waals surface area contributed by atoms with Gasteiger partial charge in [0.25, 0.3) is 5.89 Å². The zero-order chi connectivity index (χ0) is 11.9. The van der Waals surface area contributed by atoms with E-state index in [9.17, 15) is 0 Å². The summed E-state index contributed by atoms with van der Waals surface area (Å²) in [6.45, 7) is 0. The molecule has 0 radical (unpaired) electrons. The van der Waals surface area contributed by atoms with E-state index in [0.717, 1.165) is 31.2 Å². The molecule has 0 spiro atoms. The van der Waals surface area contributed by atoms with E-state index in [-0.39, 0.29) is 0 Å². The minimum Gasteiger partial charge on any atom is -0.457 e. The quantitative estimate of drug-likeness (QED) is 0.922. The molecule has 2 N–H and O–H groups in total. The van der Waals surface area contributed by atoms with Crippen molar-refractivity contribution in [1.29, 1.82) is 0 Å². The summed E-state index contributed by atoms with van der Waals surface area (Å²) in [7, 11) is 0. The Kier molecular flexibility index (Phi) is 2.56. The highest BCUT2D eigenvalue weighted by molar-refractivity contribution is 9.10. The molecule has 1 fully saturated rings. The molecule has 0 saturated heterocycles. The average molecular weight is 298 g/mol. The third kappa shape index (κ3) is 1.81. The Morgan fingerprint density at radius 2 is 2.12 bits per heavy atom. The molecule has 0 unspecified atom stereocenters. The summed E-state index contributed by atoms with van der Waals surface area (Å²) in [4.78, 5) is 4.37. The molecule has 1 aliphatic carbocycles. The molecule has 0 aliphatic heterocycles. The first-order valence-corrected chi connectivity index (χ1v) is 6.35. The lowest BCUT2D eigenvalue weighted by atomic mass is 9.99. The van der Waals surface area contributed by atoms with Crippen LogP contribution in [0.15, 0.2) is 25.9 Å². The first-order valence-electron chi connectivity index (χ1n) is 5.55. The van der Waals surface area contributed by atoms with Gasteiger partial charge in [-0.3, -0.25) is 0 Å². The van der Waals surface area contributed by atoms with Gasteiger partial charge in [0.15, 0.2) is 10.5 Å². The van der Waals surface area contributed by atoms with E-state index in [1.54, 1.807) is 12.3 Å². The first-order chi connectivity index (χ1) is 8.19. The van der Waals surface area contributed by atoms with Crippen molar-refractivity contribution >= 4 is 15.9 Å². The number of furan rings is 1. The minimum atomic E-state index is -0.419. The van der Waals surface area contributed by atoms with Crippen LogP contribution < -0.4 is 5.73 Å². The third-order valence-corrected chi connectivity index (χ3v) is 3.83. The van der Waals surface area contributed by atoms with Gasteiger partial charge >= 0.3 is 0 Å². The van der Waals surface area contributed by atoms with E-state index in [2.05, 4.69) is 26.1 Å². The fourth-order valence-corrected chi connectivity index (χ4v) is 2.62. The molecule has 90 valence electrons. The molecule has 17 heavy (non-hydrogen) atoms. The zero-order valence-electron chi connectivity index (χ0n) is 9.15. The Hall–Kier alpha value is -1.14. The molecule has 0 atom stereocenters. The highest BCUT2D eigenvalue weighted by Gasteiger charge is 2.36. The van der Waals surface area contributed by atoms with Crippen molar-refractivity contribution < 1.29 is 8.94 Å². The van der Waals surface area contributed by atoms with Crippen molar-refractivity contribution in [2.75, 3.05) is 0 Å². The van der Waals surface area contributed by atoms with Crippen molar-refractivity contribution in [1.82, 2.24) is 10.1 Å². The van der Waals surface area contributed by atoms with E-state index in [4.69, 9.17) is 14.7 Å². The highest BCUT2D eigenvalue weighted by atomic mass is 79.9. The van der Waals surface area contributed by atoms with E-state index in [1.165, 1.54) is 0 Å². The molecule has 2 aromatic heterocycles. The second-order valence-electron chi connectivity index (χ2n) is 4.39. The normalized spacial score (nSPS) is 18.7. The Bertz CT molecular complexity index is 528. The number of nitrogens with zero attached hydrogens (tertiary/aromatic N) is 2. The van der Waals surface area contributed by atoms with Gasteiger partial charge in [-0.25, -0.2) is 0 Å². The topological polar surface area (TPSA) is 78.1 Å². The Morgan fingerprint density at radius 1 is 1.35 bits per heavy atom. The molecule has 2 aromatic rings. The van der Waals surface area contributed by atoms with Gasteiger partial charge in [-0.2, -0.15) is 4.98 Å². The van der Waals surface area contributed by atoms with Crippen LogP contribution in [0.4, 0.5) is 0 Å². The number of aromatic nitrogens is 2. The summed E-state index contributed by atoms with van der Waals surface area (Å²) in [6, 6.07) is 1.78. The number of nitrogens with two attached hydrogens (primary N) is 1. The van der Waals surface area contributed by atoms with Crippen LogP contribution in [0.25, 0.3) is 11.5 Å². The van der Waals surface area contributed by atoms with Crippen molar-refractivity contribution in [3.05, 3.63) is 22.8 Å². The van der Waals surface area contributed by atoms with E-state index in [1.807, 2.05) is 0 Å². The second kappa shape index (κ2) is 3.96. The Morgan fingerprint density at radius 3 is 2.76 bits per heavy atom. The largest absolute Gasteiger partial charge is 0.457 e. The summed E-state index contributed by atoms with van der Waals surface area (Å²) in [6.07, 6.45) is 5.64. The van der Waals surface area contributed by atoms with E-state index >= 15 is 0 Å². The predicted octanol–water partition coefficient (Wildman–Crippen LogP) is 2.82. The van der Waals surface area contributed by atoms with Crippen LogP contribution >= 0.6 is 15.9 Å². The molecule has 1 saturated carbocycles. The lowest BCUT2D eigenvalue weighted by Crippen LogP contribution is -2.34. The zero-order valence-corrected chi connectivity index (χ0v) is 10.7. The monoisotopic (exact) mass is 297 g/mol. The number of halogens is 1. The van der Waals surface area contributed by atoms with Crippen molar-refractivity contribution in [3.8, 4) is 11.5 Å². The fourth-order valence-electron chi connectivity index (χ4n) is 2.21. The fraction of sp³-hybridized carbons (Fsp3) is 0.455. The molecule has 5 nitrogen and oxygen atoms in total. The van der Waals surface area contributed by atoms with Crippen molar-refractivity contribution in [2.24, 2.45) is 5.73 Å². The SMILES string of the molecule is NC1(c2noc(-c3ccoc3Br)n2)CCCC1. The van der Waals surface area contributed by atoms with Gasteiger partial charge in [-0.15, -0.1) is 0 Å². The molecular formula is C11H12BrN3O2. The van der Waals surface area contributed by atoms with Gasteiger partial charge < -0.3 is 14.7 Å². The maximum Gasteiger partial charge on any atom is 0.262 e. The lowest BCUT2D eigenvalue weighted by molar-refractivity contribution is 0.372. The van der Waals surface area contributed by atoms with Crippen LogP contribution in [0.3, 0.4) is 0 Å². The van der Waals surface area contributed by atoms with Gasteiger partial charge in [-0.1, -0.05) is 18.0 Å². The van der Waals surface area contributed by atoms with Gasteiger partial charge in [0.2, 0.25) is 0 Å². The summed E-state index contributed by atoms with van der Waals surface area (Å²) < 4.78 is 11.0. The van der Waals surface area contributed by atoms with Gasteiger partial charge in [0, 0.05) is 0 Å². The smallest absolute Gasteiger partial charge is 0.262 e. The van der Waals surface area contributed by atoms with E-state index < -0.39 is 5.54 Å².